The molecule has 0 radical (unpaired) electrons. The molecule has 1 aromatic carbocycles. The summed E-state index contributed by atoms with van der Waals surface area (Å²) < 4.78 is 1.75. The van der Waals surface area contributed by atoms with E-state index in [4.69, 9.17) is 0 Å². The molecule has 1 aromatic heterocycles. The van der Waals surface area contributed by atoms with Gasteiger partial charge in [-0.25, -0.2) is 0 Å². The minimum atomic E-state index is -0.0579. The summed E-state index contributed by atoms with van der Waals surface area (Å²) in [4.78, 5) is 16.8. The molecule has 6 nitrogen and oxygen atoms in total. The first-order valence-electron chi connectivity index (χ1n) is 8.64. The predicted octanol–water partition coefficient (Wildman–Crippen LogP) is 1.33. The molecule has 134 valence electrons. The van der Waals surface area contributed by atoms with Gasteiger partial charge in [-0.15, -0.1) is 0 Å². The number of hydrogen-bond acceptors (Lipinski definition) is 4. The van der Waals surface area contributed by atoms with Crippen molar-refractivity contribution in [3.63, 3.8) is 0 Å². The van der Waals surface area contributed by atoms with Gasteiger partial charge in [0.25, 0.3) is 5.91 Å². The number of carbonyl (C=O) groups excluding carboxylic acids is 1. The average molecular weight is 342 g/mol. The number of benzene rings is 1. The number of hydrogen-bond donors (Lipinski definition) is 1. The first kappa shape index (κ1) is 17.6. The van der Waals surface area contributed by atoms with Crippen molar-refractivity contribution in [1.29, 1.82) is 0 Å². The number of likely N-dealkylation sites (tertiary alicyclic amines) is 1. The Kier molecular flexibility index (Phi) is 5.20. The third kappa shape index (κ3) is 3.75. The van der Waals surface area contributed by atoms with Gasteiger partial charge in [-0.2, -0.15) is 5.10 Å². The van der Waals surface area contributed by atoms with Crippen molar-refractivity contribution in [2.45, 2.75) is 0 Å². The van der Waals surface area contributed by atoms with Gasteiger partial charge in [0.2, 0.25) is 0 Å². The maximum absolute atomic E-state index is 12.9. The van der Waals surface area contributed by atoms with E-state index >= 15 is 0 Å². The van der Waals surface area contributed by atoms with Crippen LogP contribution in [0.25, 0.3) is 11.3 Å². The van der Waals surface area contributed by atoms with Gasteiger partial charge in [-0.3, -0.25) is 9.48 Å². The minimum absolute atomic E-state index is 0.0579. The second-order valence-electron chi connectivity index (χ2n) is 7.08. The predicted molar refractivity (Wildman–Crippen MR) is 97.2 cm³/mol. The highest BCUT2D eigenvalue weighted by atomic mass is 16.3. The second-order valence-corrected chi connectivity index (χ2v) is 7.08. The summed E-state index contributed by atoms with van der Waals surface area (Å²) in [6.45, 7) is 2.23. The molecular formula is C19H26N4O2. The standard InChI is InChI=1S/C19H26N4O2/c1-21(2)10-15-11-23(12-16(15)13-24)19(25)17-9-18(22(3)20-17)14-7-5-4-6-8-14/h4-9,15-16,24H,10-13H2,1-3H3. The van der Waals surface area contributed by atoms with Crippen LogP contribution in [0.3, 0.4) is 0 Å². The Bertz CT molecular complexity index is 726. The molecule has 1 amide bonds. The fraction of sp³-hybridized carbons (Fsp3) is 0.474. The zero-order valence-electron chi connectivity index (χ0n) is 15.1. The van der Waals surface area contributed by atoms with Gasteiger partial charge in [0.15, 0.2) is 5.69 Å². The summed E-state index contributed by atoms with van der Waals surface area (Å²) in [5.41, 5.74) is 2.42. The van der Waals surface area contributed by atoms with Gasteiger partial charge in [0.1, 0.15) is 0 Å². The van der Waals surface area contributed by atoms with Crippen molar-refractivity contribution >= 4 is 5.91 Å². The molecular weight excluding hydrogens is 316 g/mol. The number of rotatable bonds is 5. The smallest absolute Gasteiger partial charge is 0.274 e. The lowest BCUT2D eigenvalue weighted by Gasteiger charge is -2.20. The highest BCUT2D eigenvalue weighted by molar-refractivity contribution is 5.93. The Morgan fingerprint density at radius 2 is 1.92 bits per heavy atom. The lowest BCUT2D eigenvalue weighted by atomic mass is 9.97. The summed E-state index contributed by atoms with van der Waals surface area (Å²) >= 11 is 0. The number of aryl methyl sites for hydroxylation is 1. The highest BCUT2D eigenvalue weighted by Gasteiger charge is 2.36. The molecule has 1 aliphatic heterocycles. The first-order valence-corrected chi connectivity index (χ1v) is 8.64. The van der Waals surface area contributed by atoms with Gasteiger partial charge >= 0.3 is 0 Å². The van der Waals surface area contributed by atoms with Crippen LogP contribution in [0.1, 0.15) is 10.5 Å². The second kappa shape index (κ2) is 7.37. The number of aromatic nitrogens is 2. The normalized spacial score (nSPS) is 20.4. The number of carbonyl (C=O) groups is 1. The first-order chi connectivity index (χ1) is 12.0. The Hall–Kier alpha value is -2.18. The Morgan fingerprint density at radius 3 is 2.56 bits per heavy atom. The van der Waals surface area contributed by atoms with Crippen LogP contribution in [0.4, 0.5) is 0 Å². The van der Waals surface area contributed by atoms with Gasteiger partial charge in [-0.1, -0.05) is 30.3 Å². The molecule has 2 heterocycles. The van der Waals surface area contributed by atoms with Gasteiger partial charge in [-0.05, 0) is 31.6 Å². The van der Waals surface area contributed by atoms with E-state index in [0.29, 0.717) is 24.7 Å². The van der Waals surface area contributed by atoms with Gasteiger partial charge < -0.3 is 14.9 Å². The van der Waals surface area contributed by atoms with Crippen molar-refractivity contribution in [2.75, 3.05) is 40.3 Å². The van der Waals surface area contributed by atoms with Crippen molar-refractivity contribution in [1.82, 2.24) is 19.6 Å². The lowest BCUT2D eigenvalue weighted by molar-refractivity contribution is 0.0773. The Morgan fingerprint density at radius 1 is 1.24 bits per heavy atom. The summed E-state index contributed by atoms with van der Waals surface area (Å²) in [5.74, 6) is 0.363. The maximum Gasteiger partial charge on any atom is 0.274 e. The van der Waals surface area contributed by atoms with Crippen LogP contribution in [0, 0.1) is 11.8 Å². The largest absolute Gasteiger partial charge is 0.396 e. The lowest BCUT2D eigenvalue weighted by Crippen LogP contribution is -2.31. The van der Waals surface area contributed by atoms with Crippen molar-refractivity contribution in [3.05, 3.63) is 42.1 Å². The highest BCUT2D eigenvalue weighted by Crippen LogP contribution is 2.26. The topological polar surface area (TPSA) is 61.6 Å². The van der Waals surface area contributed by atoms with E-state index in [1.54, 1.807) is 4.68 Å². The molecule has 2 unspecified atom stereocenters. The van der Waals surface area contributed by atoms with Crippen LogP contribution in [-0.2, 0) is 7.05 Å². The van der Waals surface area contributed by atoms with E-state index in [1.165, 1.54) is 0 Å². The molecule has 2 atom stereocenters. The van der Waals surface area contributed by atoms with E-state index < -0.39 is 0 Å². The Balaban J connectivity index is 1.78. The van der Waals surface area contributed by atoms with E-state index in [2.05, 4.69) is 10.00 Å². The summed E-state index contributed by atoms with van der Waals surface area (Å²) in [7, 11) is 5.89. The molecule has 0 bridgehead atoms. The van der Waals surface area contributed by atoms with Gasteiger partial charge in [0.05, 0.1) is 5.69 Å². The fourth-order valence-electron chi connectivity index (χ4n) is 3.60. The quantitative estimate of drug-likeness (QED) is 0.890. The molecule has 0 saturated carbocycles. The summed E-state index contributed by atoms with van der Waals surface area (Å²) in [6.07, 6.45) is 0. The summed E-state index contributed by atoms with van der Waals surface area (Å²) in [6, 6.07) is 11.8. The van der Waals surface area contributed by atoms with Crippen LogP contribution in [-0.4, -0.2) is 70.9 Å². The molecule has 1 saturated heterocycles. The number of amides is 1. The van der Waals surface area contributed by atoms with Crippen molar-refractivity contribution in [2.24, 2.45) is 18.9 Å². The van der Waals surface area contributed by atoms with Crippen LogP contribution in [0.5, 0.6) is 0 Å². The number of aliphatic hydroxyl groups excluding tert-OH is 1. The third-order valence-corrected chi connectivity index (χ3v) is 4.87. The molecule has 2 aromatic rings. The molecule has 1 aliphatic rings. The molecule has 6 heteroatoms. The molecule has 0 spiro atoms. The molecule has 1 N–H and O–H groups in total. The van der Waals surface area contributed by atoms with Crippen LogP contribution in [0.15, 0.2) is 36.4 Å². The van der Waals surface area contributed by atoms with E-state index in [0.717, 1.165) is 17.8 Å². The fourth-order valence-corrected chi connectivity index (χ4v) is 3.60. The zero-order valence-corrected chi connectivity index (χ0v) is 15.1. The molecule has 3 rings (SSSR count). The van der Waals surface area contributed by atoms with Crippen LogP contribution >= 0.6 is 0 Å². The maximum atomic E-state index is 12.9. The Labute approximate surface area is 148 Å². The van der Waals surface area contributed by atoms with Crippen LogP contribution < -0.4 is 0 Å². The van der Waals surface area contributed by atoms with Crippen molar-refractivity contribution in [3.8, 4) is 11.3 Å². The average Bonchev–Trinajstić information content (AvgIpc) is 3.18. The minimum Gasteiger partial charge on any atom is -0.396 e. The molecule has 1 fully saturated rings. The summed E-state index contributed by atoms with van der Waals surface area (Å²) in [5, 5.41) is 14.1. The van der Waals surface area contributed by atoms with Crippen molar-refractivity contribution < 1.29 is 9.90 Å². The zero-order chi connectivity index (χ0) is 18.0. The molecule has 25 heavy (non-hydrogen) atoms. The van der Waals surface area contributed by atoms with E-state index in [1.807, 2.05) is 62.4 Å². The number of aliphatic hydroxyl groups is 1. The SMILES string of the molecule is CN(C)CC1CN(C(=O)c2cc(-c3ccccc3)n(C)n2)CC1CO. The van der Waals surface area contributed by atoms with Gasteiger partial charge in [0, 0.05) is 39.2 Å². The van der Waals surface area contributed by atoms with E-state index in [-0.39, 0.29) is 18.4 Å². The molecule has 0 aliphatic carbocycles. The monoisotopic (exact) mass is 342 g/mol. The van der Waals surface area contributed by atoms with Crippen LogP contribution in [0.2, 0.25) is 0 Å². The third-order valence-electron chi connectivity index (χ3n) is 4.87. The number of nitrogens with zero attached hydrogens (tertiary/aromatic N) is 4. The van der Waals surface area contributed by atoms with E-state index in [9.17, 15) is 9.90 Å².